The Morgan fingerprint density at radius 3 is 2.31 bits per heavy atom. The van der Waals surface area contributed by atoms with Gasteiger partial charge in [-0.3, -0.25) is 9.59 Å². The third-order valence-corrected chi connectivity index (χ3v) is 4.66. The molecule has 2 amide bonds. The normalized spacial score (nSPS) is 11.1. The monoisotopic (exact) mass is 431 g/mol. The van der Waals surface area contributed by atoms with Gasteiger partial charge in [0.15, 0.2) is 0 Å². The molecule has 7 heteroatoms. The van der Waals surface area contributed by atoms with Gasteiger partial charge in [0.2, 0.25) is 0 Å². The van der Waals surface area contributed by atoms with E-state index < -0.39 is 17.8 Å². The van der Waals surface area contributed by atoms with Crippen LogP contribution >= 0.6 is 0 Å². The highest BCUT2D eigenvalue weighted by Crippen LogP contribution is 2.29. The van der Waals surface area contributed by atoms with Crippen molar-refractivity contribution < 1.29 is 24.2 Å². The van der Waals surface area contributed by atoms with Gasteiger partial charge in [0.25, 0.3) is 11.8 Å². The van der Waals surface area contributed by atoms with Gasteiger partial charge in [-0.25, -0.2) is 0 Å². The zero-order chi connectivity index (χ0) is 22.9. The molecule has 3 aromatic carbocycles. The van der Waals surface area contributed by atoms with Crippen LogP contribution in [0.4, 0.5) is 0 Å². The van der Waals surface area contributed by atoms with E-state index in [1.54, 1.807) is 42.5 Å². The fraction of sp³-hybridized carbons (Fsp3) is 0.160. The van der Waals surface area contributed by atoms with E-state index in [0.717, 1.165) is 10.8 Å². The fourth-order valence-corrected chi connectivity index (χ4v) is 3.17. The van der Waals surface area contributed by atoms with Crippen LogP contribution in [0.2, 0.25) is 0 Å². The van der Waals surface area contributed by atoms with Gasteiger partial charge in [0.1, 0.15) is 11.4 Å². The number of rotatable bonds is 9. The van der Waals surface area contributed by atoms with Gasteiger partial charge in [-0.2, -0.15) is 0 Å². The second-order valence-corrected chi connectivity index (χ2v) is 6.89. The predicted octanol–water partition coefficient (Wildman–Crippen LogP) is 2.27. The van der Waals surface area contributed by atoms with E-state index >= 15 is 0 Å². The molecule has 0 spiro atoms. The van der Waals surface area contributed by atoms with E-state index in [9.17, 15) is 19.5 Å². The van der Waals surface area contributed by atoms with Crippen LogP contribution in [0.5, 0.6) is 5.75 Å². The lowest BCUT2D eigenvalue weighted by molar-refractivity contribution is -0.305. The molecule has 0 heterocycles. The number of carboxylic acids is 1. The Morgan fingerprint density at radius 1 is 0.938 bits per heavy atom. The quantitative estimate of drug-likeness (QED) is 0.506. The summed E-state index contributed by atoms with van der Waals surface area (Å²) in [6, 6.07) is 19.7. The van der Waals surface area contributed by atoms with Crippen molar-refractivity contribution in [3.8, 4) is 5.75 Å². The second-order valence-electron chi connectivity index (χ2n) is 6.89. The SMILES string of the molecule is CCOc1ccc(/C=C(/NC(=O)c2ccccc2)C(=O)NCCC(=O)[O-])c2ccccc12. The number of carbonyl (C=O) groups is 3. The number of hydrogen-bond acceptors (Lipinski definition) is 5. The zero-order valence-corrected chi connectivity index (χ0v) is 17.6. The van der Waals surface area contributed by atoms with E-state index in [1.807, 2.05) is 37.3 Å². The number of hydrogen-bond donors (Lipinski definition) is 2. The van der Waals surface area contributed by atoms with Crippen molar-refractivity contribution in [1.29, 1.82) is 0 Å². The molecule has 0 aliphatic carbocycles. The third-order valence-electron chi connectivity index (χ3n) is 4.66. The van der Waals surface area contributed by atoms with Crippen LogP contribution in [0.1, 0.15) is 29.3 Å². The summed E-state index contributed by atoms with van der Waals surface area (Å²) in [5.41, 5.74) is 1.08. The van der Waals surface area contributed by atoms with Crippen LogP contribution in [0.3, 0.4) is 0 Å². The summed E-state index contributed by atoms with van der Waals surface area (Å²) >= 11 is 0. The lowest BCUT2D eigenvalue weighted by Gasteiger charge is -2.13. The van der Waals surface area contributed by atoms with Crippen molar-refractivity contribution in [2.75, 3.05) is 13.2 Å². The minimum Gasteiger partial charge on any atom is -0.550 e. The molecule has 0 unspecified atom stereocenters. The average Bonchev–Trinajstić information content (AvgIpc) is 2.80. The van der Waals surface area contributed by atoms with Crippen LogP contribution < -0.4 is 20.5 Å². The molecule has 0 aliphatic heterocycles. The van der Waals surface area contributed by atoms with Crippen molar-refractivity contribution in [2.45, 2.75) is 13.3 Å². The Kier molecular flexibility index (Phi) is 7.59. The van der Waals surface area contributed by atoms with Crippen LogP contribution in [-0.4, -0.2) is 30.9 Å². The summed E-state index contributed by atoms with van der Waals surface area (Å²) in [6.45, 7) is 2.29. The Labute approximate surface area is 185 Å². The van der Waals surface area contributed by atoms with Gasteiger partial charge in [-0.15, -0.1) is 0 Å². The predicted molar refractivity (Wildman–Crippen MR) is 120 cm³/mol. The molecule has 0 radical (unpaired) electrons. The van der Waals surface area contributed by atoms with E-state index in [1.165, 1.54) is 0 Å². The standard InChI is InChI=1S/C25H24N2O5/c1-2-32-22-13-12-18(19-10-6-7-11-20(19)22)16-21(25(31)26-15-14-23(28)29)27-24(30)17-8-4-3-5-9-17/h3-13,16H,2,14-15H2,1H3,(H,26,31)(H,27,30)(H,28,29)/p-1/b21-16+. The summed E-state index contributed by atoms with van der Waals surface area (Å²) in [7, 11) is 0. The van der Waals surface area contributed by atoms with E-state index in [4.69, 9.17) is 4.74 Å². The molecule has 3 rings (SSSR count). The highest BCUT2D eigenvalue weighted by atomic mass is 16.5. The number of carboxylic acid groups (broad SMARTS) is 1. The van der Waals surface area contributed by atoms with Gasteiger partial charge < -0.3 is 25.3 Å². The first-order chi connectivity index (χ1) is 15.5. The van der Waals surface area contributed by atoms with E-state index in [-0.39, 0.29) is 18.7 Å². The van der Waals surface area contributed by atoms with Gasteiger partial charge in [-0.05, 0) is 42.1 Å². The molecule has 164 valence electrons. The minimum absolute atomic E-state index is 0.00786. The highest BCUT2D eigenvalue weighted by molar-refractivity contribution is 6.07. The maximum Gasteiger partial charge on any atom is 0.267 e. The molecule has 0 saturated heterocycles. The van der Waals surface area contributed by atoms with Crippen LogP contribution in [0, 0.1) is 0 Å². The van der Waals surface area contributed by atoms with Crippen molar-refractivity contribution >= 4 is 34.6 Å². The molecular formula is C25H23N2O5-. The lowest BCUT2D eigenvalue weighted by Crippen LogP contribution is -2.37. The number of aliphatic carboxylic acids is 1. The smallest absolute Gasteiger partial charge is 0.267 e. The van der Waals surface area contributed by atoms with Gasteiger partial charge in [0, 0.05) is 29.9 Å². The van der Waals surface area contributed by atoms with Crippen LogP contribution in [-0.2, 0) is 9.59 Å². The Hall–Kier alpha value is -4.13. The number of nitrogens with one attached hydrogen (secondary N) is 2. The number of carbonyl (C=O) groups excluding carboxylic acids is 3. The van der Waals surface area contributed by atoms with Gasteiger partial charge >= 0.3 is 0 Å². The fourth-order valence-electron chi connectivity index (χ4n) is 3.17. The first-order valence-electron chi connectivity index (χ1n) is 10.2. The zero-order valence-electron chi connectivity index (χ0n) is 17.6. The number of amides is 2. The molecule has 2 N–H and O–H groups in total. The molecule has 0 atom stereocenters. The summed E-state index contributed by atoms with van der Waals surface area (Å²) in [4.78, 5) is 36.1. The molecule has 0 aromatic heterocycles. The van der Waals surface area contributed by atoms with Crippen molar-refractivity contribution in [3.63, 3.8) is 0 Å². The van der Waals surface area contributed by atoms with Crippen molar-refractivity contribution in [2.24, 2.45) is 0 Å². The maximum atomic E-state index is 12.8. The number of benzene rings is 3. The molecule has 32 heavy (non-hydrogen) atoms. The Balaban J connectivity index is 1.98. The summed E-state index contributed by atoms with van der Waals surface area (Å²) in [5.74, 6) is -1.62. The average molecular weight is 431 g/mol. The Bertz CT molecular complexity index is 1160. The first-order valence-corrected chi connectivity index (χ1v) is 10.2. The van der Waals surface area contributed by atoms with E-state index in [0.29, 0.717) is 23.5 Å². The molecule has 3 aromatic rings. The van der Waals surface area contributed by atoms with Gasteiger partial charge in [0.05, 0.1) is 6.61 Å². The maximum absolute atomic E-state index is 12.8. The first kappa shape index (κ1) is 22.6. The Morgan fingerprint density at radius 2 is 1.62 bits per heavy atom. The van der Waals surface area contributed by atoms with Crippen LogP contribution in [0.15, 0.2) is 72.4 Å². The molecule has 0 bridgehead atoms. The van der Waals surface area contributed by atoms with Gasteiger partial charge in [-0.1, -0.05) is 48.5 Å². The van der Waals surface area contributed by atoms with Crippen LogP contribution in [0.25, 0.3) is 16.8 Å². The molecule has 0 saturated carbocycles. The van der Waals surface area contributed by atoms with Crippen molar-refractivity contribution in [3.05, 3.63) is 83.6 Å². The topological polar surface area (TPSA) is 108 Å². The number of ether oxygens (including phenoxy) is 1. The summed E-state index contributed by atoms with van der Waals surface area (Å²) in [6.07, 6.45) is 1.23. The largest absolute Gasteiger partial charge is 0.550 e. The second kappa shape index (κ2) is 10.8. The highest BCUT2D eigenvalue weighted by Gasteiger charge is 2.15. The number of fused-ring (bicyclic) bond motifs is 1. The summed E-state index contributed by atoms with van der Waals surface area (Å²) in [5, 5.41) is 17.5. The molecular weight excluding hydrogens is 408 g/mol. The molecule has 7 nitrogen and oxygen atoms in total. The minimum atomic E-state index is -1.28. The lowest BCUT2D eigenvalue weighted by atomic mass is 10.0. The summed E-state index contributed by atoms with van der Waals surface area (Å²) < 4.78 is 5.69. The molecule has 0 aliphatic rings. The molecule has 0 fully saturated rings. The van der Waals surface area contributed by atoms with E-state index in [2.05, 4.69) is 10.6 Å². The third kappa shape index (κ3) is 5.72. The van der Waals surface area contributed by atoms with Crippen molar-refractivity contribution in [1.82, 2.24) is 10.6 Å².